The molecule has 0 amide bonds. The third-order valence-electron chi connectivity index (χ3n) is 4.00. The van der Waals surface area contributed by atoms with Gasteiger partial charge in [0.1, 0.15) is 24.7 Å². The fraction of sp³-hybridized carbons (Fsp3) is 1.00. The Morgan fingerprint density at radius 3 is 1.28 bits per heavy atom. The average Bonchev–Trinajstić information content (AvgIpc) is 3.63. The van der Waals surface area contributed by atoms with Gasteiger partial charge in [-0.25, -0.2) is 0 Å². The molecule has 10 nitrogen and oxygen atoms in total. The Labute approximate surface area is 176 Å². The maximum absolute atomic E-state index is 5.64. The highest BCUT2D eigenvalue weighted by molar-refractivity contribution is 6.60. The Kier molecular flexibility index (Phi) is 13.9. The van der Waals surface area contributed by atoms with Crippen molar-refractivity contribution in [3.63, 3.8) is 0 Å². The van der Waals surface area contributed by atoms with Gasteiger partial charge in [0.25, 0.3) is 0 Å². The highest BCUT2D eigenvalue weighted by Gasteiger charge is 2.42. The highest BCUT2D eigenvalue weighted by Crippen LogP contribution is 2.14. The maximum atomic E-state index is 5.64. The van der Waals surface area contributed by atoms with Gasteiger partial charge in [-0.2, -0.15) is 0 Å². The van der Waals surface area contributed by atoms with Crippen LogP contribution in [0.4, 0.5) is 0 Å². The van der Waals surface area contributed by atoms with E-state index in [1.165, 1.54) is 0 Å². The molecule has 12 heteroatoms. The molecule has 29 heavy (non-hydrogen) atoms. The van der Waals surface area contributed by atoms with E-state index in [9.17, 15) is 0 Å². The Morgan fingerprint density at radius 1 is 0.655 bits per heavy atom. The molecule has 0 spiro atoms. The highest BCUT2D eigenvalue weighted by atomic mass is 28.4. The van der Waals surface area contributed by atoms with E-state index in [1.807, 2.05) is 20.8 Å². The number of hydrogen-bond acceptors (Lipinski definition) is 10. The Hall–Kier alpha value is 0.0338. The van der Waals surface area contributed by atoms with Crippen molar-refractivity contribution in [1.82, 2.24) is 0 Å². The summed E-state index contributed by atoms with van der Waals surface area (Å²) in [7, 11) is -0.450. The molecule has 0 radical (unpaired) electrons. The summed E-state index contributed by atoms with van der Waals surface area (Å²) >= 11 is 0. The summed E-state index contributed by atoms with van der Waals surface area (Å²) in [6.07, 6.45) is 1.30. The SMILES string of the molecule is CCO[Si](COCC1CO1)(OCC)OCC.CO[Si](COCC1CO1)(OC)OC. The van der Waals surface area contributed by atoms with Crippen LogP contribution in [0.5, 0.6) is 0 Å². The zero-order valence-electron chi connectivity index (χ0n) is 18.6. The minimum absolute atomic E-state index is 0.261. The molecule has 2 unspecified atom stereocenters. The molecule has 0 aliphatic carbocycles. The molecule has 0 aromatic carbocycles. The van der Waals surface area contributed by atoms with Gasteiger partial charge in [0.15, 0.2) is 0 Å². The second kappa shape index (κ2) is 14.9. The number of epoxide rings is 2. The lowest BCUT2D eigenvalue weighted by Gasteiger charge is -2.27. The second-order valence-electron chi connectivity index (χ2n) is 6.22. The van der Waals surface area contributed by atoms with Crippen LogP contribution in [0.15, 0.2) is 0 Å². The third-order valence-corrected chi connectivity index (χ3v) is 9.16. The minimum Gasteiger partial charge on any atom is -0.375 e. The van der Waals surface area contributed by atoms with Crippen molar-refractivity contribution in [3.8, 4) is 0 Å². The molecule has 0 bridgehead atoms. The molecule has 2 heterocycles. The quantitative estimate of drug-likeness (QED) is 0.230. The van der Waals surface area contributed by atoms with E-state index >= 15 is 0 Å². The van der Waals surface area contributed by atoms with Crippen LogP contribution in [0.25, 0.3) is 0 Å². The lowest BCUT2D eigenvalue weighted by molar-refractivity contribution is 0.0273. The van der Waals surface area contributed by atoms with Gasteiger partial charge in [-0.1, -0.05) is 0 Å². The summed E-state index contributed by atoms with van der Waals surface area (Å²) < 4.78 is 53.4. The van der Waals surface area contributed by atoms with Crippen molar-refractivity contribution in [1.29, 1.82) is 0 Å². The topological polar surface area (TPSA) is 98.9 Å². The number of rotatable bonds is 17. The second-order valence-corrected chi connectivity index (χ2v) is 11.6. The van der Waals surface area contributed by atoms with Gasteiger partial charge >= 0.3 is 17.6 Å². The molecule has 2 aliphatic rings. The zero-order valence-corrected chi connectivity index (χ0v) is 20.6. The van der Waals surface area contributed by atoms with Crippen LogP contribution >= 0.6 is 0 Å². The smallest absolute Gasteiger partial charge is 0.375 e. The van der Waals surface area contributed by atoms with Gasteiger partial charge in [0, 0.05) is 41.2 Å². The minimum atomic E-state index is -2.61. The van der Waals surface area contributed by atoms with E-state index < -0.39 is 17.6 Å². The van der Waals surface area contributed by atoms with Crippen LogP contribution in [-0.2, 0) is 45.5 Å². The summed E-state index contributed by atoms with van der Waals surface area (Å²) in [5.74, 6) is 0. The van der Waals surface area contributed by atoms with E-state index in [-0.39, 0.29) is 12.2 Å². The van der Waals surface area contributed by atoms with E-state index in [1.54, 1.807) is 21.3 Å². The lowest BCUT2D eigenvalue weighted by Crippen LogP contribution is -2.51. The van der Waals surface area contributed by atoms with Gasteiger partial charge < -0.3 is 45.5 Å². The molecule has 0 aromatic rings. The van der Waals surface area contributed by atoms with Crippen LogP contribution < -0.4 is 0 Å². The van der Waals surface area contributed by atoms with E-state index in [0.29, 0.717) is 45.5 Å². The fourth-order valence-electron chi connectivity index (χ4n) is 2.30. The van der Waals surface area contributed by atoms with Gasteiger partial charge in [-0.3, -0.25) is 0 Å². The van der Waals surface area contributed by atoms with Crippen molar-refractivity contribution in [2.24, 2.45) is 0 Å². The normalized spacial score (nSPS) is 20.9. The number of ether oxygens (including phenoxy) is 4. The molecule has 2 rings (SSSR count). The Balaban J connectivity index is 0.000000296. The molecule has 0 N–H and O–H groups in total. The molecule has 2 aliphatic heterocycles. The van der Waals surface area contributed by atoms with Gasteiger partial charge in [0.2, 0.25) is 0 Å². The predicted octanol–water partition coefficient (Wildman–Crippen LogP) is 0.809. The van der Waals surface area contributed by atoms with Crippen LogP contribution in [0.3, 0.4) is 0 Å². The molecule has 0 aromatic heterocycles. The summed E-state index contributed by atoms with van der Waals surface area (Å²) in [6.45, 7) is 10.3. The monoisotopic (exact) mass is 458 g/mol. The van der Waals surface area contributed by atoms with Crippen molar-refractivity contribution in [2.75, 3.05) is 80.0 Å². The van der Waals surface area contributed by atoms with Crippen LogP contribution in [0.1, 0.15) is 20.8 Å². The lowest BCUT2D eigenvalue weighted by atomic mass is 10.5. The molecule has 2 atom stereocenters. The Bertz CT molecular complexity index is 380. The largest absolute Gasteiger partial charge is 0.528 e. The first-order valence-electron chi connectivity index (χ1n) is 9.98. The first-order valence-corrected chi connectivity index (χ1v) is 13.8. The van der Waals surface area contributed by atoms with Crippen molar-refractivity contribution in [3.05, 3.63) is 0 Å². The van der Waals surface area contributed by atoms with Gasteiger partial charge in [-0.05, 0) is 20.8 Å². The van der Waals surface area contributed by atoms with E-state index in [4.69, 9.17) is 45.5 Å². The van der Waals surface area contributed by atoms with Crippen molar-refractivity contribution >= 4 is 17.6 Å². The van der Waals surface area contributed by atoms with Crippen molar-refractivity contribution in [2.45, 2.75) is 33.0 Å². The van der Waals surface area contributed by atoms with E-state index in [0.717, 1.165) is 13.2 Å². The summed E-state index contributed by atoms with van der Waals surface area (Å²) in [5, 5.41) is 0. The van der Waals surface area contributed by atoms with Gasteiger partial charge in [-0.15, -0.1) is 0 Å². The Morgan fingerprint density at radius 2 is 1.00 bits per heavy atom. The van der Waals surface area contributed by atoms with Crippen LogP contribution in [0.2, 0.25) is 0 Å². The molecule has 0 saturated carbocycles. The number of hydrogen-bond donors (Lipinski definition) is 0. The first kappa shape index (κ1) is 27.1. The summed E-state index contributed by atoms with van der Waals surface area (Å²) in [4.78, 5) is 0. The maximum Gasteiger partial charge on any atom is 0.528 e. The molecule has 2 fully saturated rings. The molecular formula is C17H38O10Si2. The zero-order chi connectivity index (χ0) is 21.6. The average molecular weight is 459 g/mol. The summed E-state index contributed by atoms with van der Waals surface area (Å²) in [6, 6.07) is 0. The van der Waals surface area contributed by atoms with Crippen LogP contribution in [-0.4, -0.2) is 110 Å². The standard InChI is InChI=1S/C10H22O5Si.C7H16O5Si/c1-4-13-16(14-5-2,15-6-3)9-11-7-10-8-12-10;1-8-13(9-2,10-3)6-11-4-7-5-12-7/h10H,4-9H2,1-3H3;7H,4-6H2,1-3H3. The first-order chi connectivity index (χ1) is 14.0. The third kappa shape index (κ3) is 11.3. The fourth-order valence-corrected chi connectivity index (χ4v) is 5.70. The predicted molar refractivity (Wildman–Crippen MR) is 109 cm³/mol. The van der Waals surface area contributed by atoms with E-state index in [2.05, 4.69) is 0 Å². The van der Waals surface area contributed by atoms with Crippen LogP contribution in [0, 0.1) is 0 Å². The van der Waals surface area contributed by atoms with Gasteiger partial charge in [0.05, 0.1) is 26.4 Å². The molecule has 174 valence electrons. The molecular weight excluding hydrogens is 420 g/mol. The van der Waals surface area contributed by atoms with Crippen molar-refractivity contribution < 1.29 is 45.5 Å². The summed E-state index contributed by atoms with van der Waals surface area (Å²) in [5.41, 5.74) is 0. The molecule has 2 saturated heterocycles.